The second-order valence-corrected chi connectivity index (χ2v) is 5.56. The van der Waals surface area contributed by atoms with E-state index in [9.17, 15) is 14.5 Å². The van der Waals surface area contributed by atoms with Crippen LogP contribution >= 0.6 is 0 Å². The van der Waals surface area contributed by atoms with E-state index >= 15 is 0 Å². The first kappa shape index (κ1) is 13.8. The number of benzene rings is 1. The van der Waals surface area contributed by atoms with Crippen LogP contribution in [0.15, 0.2) is 18.2 Å². The van der Waals surface area contributed by atoms with E-state index in [-0.39, 0.29) is 17.4 Å². The highest BCUT2D eigenvalue weighted by molar-refractivity contribution is 5.62. The third-order valence-electron chi connectivity index (χ3n) is 3.93. The Balaban J connectivity index is 2.18. The first-order valence-electron chi connectivity index (χ1n) is 6.68. The van der Waals surface area contributed by atoms with Gasteiger partial charge < -0.3 is 5.32 Å². The van der Waals surface area contributed by atoms with Gasteiger partial charge in [-0.1, -0.05) is 13.8 Å². The quantitative estimate of drug-likeness (QED) is 0.665. The summed E-state index contributed by atoms with van der Waals surface area (Å²) < 4.78 is 13.3. The van der Waals surface area contributed by atoms with Crippen LogP contribution in [0.5, 0.6) is 0 Å². The van der Waals surface area contributed by atoms with Crippen LogP contribution in [0.1, 0.15) is 33.1 Å². The average molecular weight is 266 g/mol. The molecule has 1 aliphatic carbocycles. The molecule has 0 radical (unpaired) electrons. The topological polar surface area (TPSA) is 55.2 Å². The van der Waals surface area contributed by atoms with E-state index in [1.165, 1.54) is 12.1 Å². The molecule has 3 unspecified atom stereocenters. The van der Waals surface area contributed by atoms with Crippen molar-refractivity contribution in [2.75, 3.05) is 5.32 Å². The zero-order chi connectivity index (χ0) is 14.0. The van der Waals surface area contributed by atoms with Crippen molar-refractivity contribution in [3.05, 3.63) is 34.1 Å². The molecule has 1 aromatic carbocycles. The second kappa shape index (κ2) is 5.55. The Hall–Kier alpha value is -1.65. The van der Waals surface area contributed by atoms with Gasteiger partial charge in [0.2, 0.25) is 0 Å². The Bertz CT molecular complexity index is 479. The number of nitro benzene ring substituents is 1. The van der Waals surface area contributed by atoms with Crippen LogP contribution in [-0.2, 0) is 0 Å². The van der Waals surface area contributed by atoms with Crippen LogP contribution in [0, 0.1) is 27.8 Å². The molecule has 0 aliphatic heterocycles. The van der Waals surface area contributed by atoms with Crippen molar-refractivity contribution in [2.24, 2.45) is 11.8 Å². The molecular weight excluding hydrogens is 247 g/mol. The van der Waals surface area contributed by atoms with Crippen LogP contribution in [-0.4, -0.2) is 11.0 Å². The minimum atomic E-state index is -0.474. The molecule has 2 rings (SSSR count). The van der Waals surface area contributed by atoms with Crippen LogP contribution in [0.4, 0.5) is 15.8 Å². The number of rotatable bonds is 3. The summed E-state index contributed by atoms with van der Waals surface area (Å²) in [6.45, 7) is 4.36. The lowest BCUT2D eigenvalue weighted by molar-refractivity contribution is -0.384. The van der Waals surface area contributed by atoms with Crippen LogP contribution in [0.2, 0.25) is 0 Å². The molecule has 1 N–H and O–H groups in total. The van der Waals surface area contributed by atoms with Gasteiger partial charge in [0, 0.05) is 18.2 Å². The number of halogens is 1. The van der Waals surface area contributed by atoms with Gasteiger partial charge in [-0.2, -0.15) is 0 Å². The van der Waals surface area contributed by atoms with E-state index in [2.05, 4.69) is 19.2 Å². The Morgan fingerprint density at radius 3 is 2.74 bits per heavy atom. The fraction of sp³-hybridized carbons (Fsp3) is 0.571. The molecule has 0 aromatic heterocycles. The first-order chi connectivity index (χ1) is 8.97. The smallest absolute Gasteiger partial charge is 0.292 e. The fourth-order valence-corrected chi connectivity index (χ4v) is 2.86. The third kappa shape index (κ3) is 3.22. The molecule has 0 saturated heterocycles. The number of nitrogens with one attached hydrogen (secondary N) is 1. The molecule has 3 atom stereocenters. The highest BCUT2D eigenvalue weighted by atomic mass is 19.1. The van der Waals surface area contributed by atoms with Gasteiger partial charge in [-0.25, -0.2) is 4.39 Å². The highest BCUT2D eigenvalue weighted by Gasteiger charge is 2.27. The molecule has 0 heterocycles. The molecule has 0 bridgehead atoms. The van der Waals surface area contributed by atoms with Crippen LogP contribution < -0.4 is 5.32 Å². The Morgan fingerprint density at radius 1 is 1.37 bits per heavy atom. The summed E-state index contributed by atoms with van der Waals surface area (Å²) in [7, 11) is 0. The summed E-state index contributed by atoms with van der Waals surface area (Å²) in [5, 5.41) is 14.1. The first-order valence-corrected chi connectivity index (χ1v) is 6.68. The zero-order valence-corrected chi connectivity index (χ0v) is 11.2. The largest absolute Gasteiger partial charge is 0.376 e. The van der Waals surface area contributed by atoms with Gasteiger partial charge in [-0.15, -0.1) is 0 Å². The van der Waals surface area contributed by atoms with E-state index in [4.69, 9.17) is 0 Å². The molecular formula is C14H19FN2O2. The van der Waals surface area contributed by atoms with Gasteiger partial charge in [-0.05, 0) is 37.2 Å². The molecule has 104 valence electrons. The predicted molar refractivity (Wildman–Crippen MR) is 72.6 cm³/mol. The maximum atomic E-state index is 13.3. The van der Waals surface area contributed by atoms with Crippen molar-refractivity contribution in [1.29, 1.82) is 0 Å². The van der Waals surface area contributed by atoms with Crippen molar-refractivity contribution < 1.29 is 9.31 Å². The van der Waals surface area contributed by atoms with Gasteiger partial charge in [-0.3, -0.25) is 10.1 Å². The minimum absolute atomic E-state index is 0.0628. The molecule has 1 aromatic rings. The monoisotopic (exact) mass is 266 g/mol. The van der Waals surface area contributed by atoms with Gasteiger partial charge in [0.1, 0.15) is 11.5 Å². The van der Waals surface area contributed by atoms with Crippen molar-refractivity contribution in [3.8, 4) is 0 Å². The fourth-order valence-electron chi connectivity index (χ4n) is 2.86. The lowest BCUT2D eigenvalue weighted by Gasteiger charge is -2.33. The van der Waals surface area contributed by atoms with Crippen molar-refractivity contribution in [3.63, 3.8) is 0 Å². The predicted octanol–water partition coefficient (Wildman–Crippen LogP) is 3.97. The van der Waals surface area contributed by atoms with Gasteiger partial charge >= 0.3 is 0 Å². The van der Waals surface area contributed by atoms with E-state index in [1.54, 1.807) is 0 Å². The number of anilines is 1. The molecule has 1 saturated carbocycles. The number of hydrogen-bond acceptors (Lipinski definition) is 3. The lowest BCUT2D eigenvalue weighted by atomic mass is 9.80. The standard InChI is InChI=1S/C14H19FN2O2/c1-9-3-5-12(10(2)7-9)16-13-8-11(15)4-6-14(13)17(18)19/h4,6,8-10,12,16H,3,5,7H2,1-2H3. The Labute approximate surface area is 112 Å². The summed E-state index contributed by atoms with van der Waals surface area (Å²) in [5.74, 6) is 0.673. The van der Waals surface area contributed by atoms with Gasteiger partial charge in [0.25, 0.3) is 5.69 Å². The number of hydrogen-bond donors (Lipinski definition) is 1. The van der Waals surface area contributed by atoms with Gasteiger partial charge in [0.05, 0.1) is 4.92 Å². The number of nitrogens with zero attached hydrogens (tertiary/aromatic N) is 1. The highest BCUT2D eigenvalue weighted by Crippen LogP contribution is 2.33. The molecule has 1 fully saturated rings. The van der Waals surface area contributed by atoms with Crippen LogP contribution in [0.3, 0.4) is 0 Å². The zero-order valence-electron chi connectivity index (χ0n) is 11.2. The Kier molecular flexibility index (Phi) is 4.02. The maximum absolute atomic E-state index is 13.3. The van der Waals surface area contributed by atoms with E-state index in [0.29, 0.717) is 11.8 Å². The van der Waals surface area contributed by atoms with Crippen molar-refractivity contribution >= 4 is 11.4 Å². The molecule has 0 amide bonds. The van der Waals surface area contributed by atoms with E-state index in [1.807, 2.05) is 0 Å². The minimum Gasteiger partial charge on any atom is -0.376 e. The molecule has 1 aliphatic rings. The molecule has 5 heteroatoms. The average Bonchev–Trinajstić information content (AvgIpc) is 2.32. The van der Waals surface area contributed by atoms with E-state index in [0.717, 1.165) is 25.3 Å². The summed E-state index contributed by atoms with van der Waals surface area (Å²) in [6, 6.07) is 3.73. The lowest BCUT2D eigenvalue weighted by Crippen LogP contribution is -2.33. The SMILES string of the molecule is CC1CCC(Nc2cc(F)ccc2[N+](=O)[O-])C(C)C1. The Morgan fingerprint density at radius 2 is 2.11 bits per heavy atom. The summed E-state index contributed by atoms with van der Waals surface area (Å²) >= 11 is 0. The molecule has 4 nitrogen and oxygen atoms in total. The maximum Gasteiger partial charge on any atom is 0.292 e. The summed E-state index contributed by atoms with van der Waals surface area (Å²) in [4.78, 5) is 10.5. The van der Waals surface area contributed by atoms with Gasteiger partial charge in [0.15, 0.2) is 0 Å². The molecule has 19 heavy (non-hydrogen) atoms. The van der Waals surface area contributed by atoms with Crippen LogP contribution in [0.25, 0.3) is 0 Å². The molecule has 0 spiro atoms. The van der Waals surface area contributed by atoms with Crippen molar-refractivity contribution in [1.82, 2.24) is 0 Å². The number of nitro groups is 1. The third-order valence-corrected chi connectivity index (χ3v) is 3.93. The second-order valence-electron chi connectivity index (χ2n) is 5.56. The van der Waals surface area contributed by atoms with Crippen molar-refractivity contribution in [2.45, 2.75) is 39.2 Å². The van der Waals surface area contributed by atoms with E-state index < -0.39 is 10.7 Å². The summed E-state index contributed by atoms with van der Waals surface area (Å²) in [6.07, 6.45) is 3.17. The summed E-state index contributed by atoms with van der Waals surface area (Å²) in [5.41, 5.74) is 0.226. The normalized spacial score (nSPS) is 27.0.